The largest absolute Gasteiger partial charge is 0.351 e. The van der Waals surface area contributed by atoms with Crippen molar-refractivity contribution in [3.05, 3.63) is 5.82 Å². The van der Waals surface area contributed by atoms with Gasteiger partial charge in [-0.05, 0) is 33.1 Å². The van der Waals surface area contributed by atoms with Crippen molar-refractivity contribution >= 4 is 27.5 Å². The van der Waals surface area contributed by atoms with Crippen LogP contribution in [0.15, 0.2) is 5.16 Å². The Bertz CT molecular complexity index is 681. The molecule has 1 aromatic heterocycles. The van der Waals surface area contributed by atoms with Crippen molar-refractivity contribution in [2.75, 3.05) is 11.5 Å². The van der Waals surface area contributed by atoms with Gasteiger partial charge in [0, 0.05) is 12.1 Å². The van der Waals surface area contributed by atoms with E-state index in [4.69, 9.17) is 0 Å². The van der Waals surface area contributed by atoms with E-state index in [1.165, 1.54) is 11.8 Å². The molecule has 1 saturated heterocycles. The van der Waals surface area contributed by atoms with Crippen LogP contribution >= 0.6 is 11.8 Å². The topological polar surface area (TPSA) is 94.0 Å². The van der Waals surface area contributed by atoms with Crippen molar-refractivity contribution in [2.45, 2.75) is 55.6 Å². The molecule has 0 bridgehead atoms. The fraction of sp³-hybridized carbons (Fsp3) is 0.769. The van der Waals surface area contributed by atoms with Crippen molar-refractivity contribution in [1.29, 1.82) is 0 Å². The molecule has 0 unspecified atom stereocenters. The Balaban J connectivity index is 1.60. The van der Waals surface area contributed by atoms with Gasteiger partial charge in [-0.1, -0.05) is 11.8 Å². The lowest BCUT2D eigenvalue weighted by molar-refractivity contribution is -0.120. The minimum absolute atomic E-state index is 0.0491. The first-order valence-corrected chi connectivity index (χ1v) is 10.1. The zero-order valence-electron chi connectivity index (χ0n) is 12.7. The molecule has 1 N–H and O–H groups in total. The molecule has 9 heteroatoms. The minimum atomic E-state index is -2.98. The Kier molecular flexibility index (Phi) is 4.19. The summed E-state index contributed by atoms with van der Waals surface area (Å²) in [7, 11) is -2.98. The van der Waals surface area contributed by atoms with Crippen molar-refractivity contribution < 1.29 is 13.2 Å². The lowest BCUT2D eigenvalue weighted by Gasteiger charge is -2.15. The van der Waals surface area contributed by atoms with E-state index in [1.54, 1.807) is 0 Å². The van der Waals surface area contributed by atoms with Crippen LogP contribution in [0.2, 0.25) is 0 Å². The molecule has 1 amide bonds. The van der Waals surface area contributed by atoms with Crippen LogP contribution in [0.4, 0.5) is 0 Å². The third kappa shape index (κ3) is 3.45. The summed E-state index contributed by atoms with van der Waals surface area (Å²) in [6.07, 6.45) is 2.77. The predicted molar refractivity (Wildman–Crippen MR) is 83.6 cm³/mol. The third-order valence-electron chi connectivity index (χ3n) is 3.98. The maximum Gasteiger partial charge on any atom is 0.233 e. The van der Waals surface area contributed by atoms with E-state index < -0.39 is 9.84 Å². The lowest BCUT2D eigenvalue weighted by Crippen LogP contribution is -2.40. The van der Waals surface area contributed by atoms with Gasteiger partial charge in [0.15, 0.2) is 15.0 Å². The molecule has 1 aromatic rings. The molecular weight excluding hydrogens is 324 g/mol. The molecule has 2 aliphatic rings. The van der Waals surface area contributed by atoms with Gasteiger partial charge in [-0.15, -0.1) is 10.2 Å². The van der Waals surface area contributed by atoms with Crippen molar-refractivity contribution in [3.63, 3.8) is 0 Å². The molecule has 2 fully saturated rings. The normalized spacial score (nSPS) is 25.1. The van der Waals surface area contributed by atoms with Crippen LogP contribution < -0.4 is 5.32 Å². The summed E-state index contributed by atoms with van der Waals surface area (Å²) in [4.78, 5) is 12.2. The number of thioether (sulfide) groups is 1. The standard InChI is InChI=1S/C13H20N4O3S2/c1-8(12(18)14-10-5-6-22(19,20)7-10)21-13-16-15-9(2)17(13)11-3-4-11/h8,10-11H,3-7H2,1-2H3,(H,14,18)/t8-,10+/m0/s1. The zero-order valence-corrected chi connectivity index (χ0v) is 14.3. The maximum absolute atomic E-state index is 12.2. The highest BCUT2D eigenvalue weighted by Crippen LogP contribution is 2.39. The van der Waals surface area contributed by atoms with Crippen LogP contribution in [0.25, 0.3) is 0 Å². The molecule has 3 rings (SSSR count). The van der Waals surface area contributed by atoms with Gasteiger partial charge in [-0.25, -0.2) is 8.42 Å². The Labute approximate surface area is 134 Å². The number of carbonyl (C=O) groups is 1. The van der Waals surface area contributed by atoms with Gasteiger partial charge in [-0.3, -0.25) is 4.79 Å². The second kappa shape index (κ2) is 5.84. The van der Waals surface area contributed by atoms with Crippen LogP contribution in [0.1, 0.15) is 38.1 Å². The Morgan fingerprint density at radius 1 is 1.36 bits per heavy atom. The summed E-state index contributed by atoms with van der Waals surface area (Å²) in [6.45, 7) is 3.73. The number of hydrogen-bond donors (Lipinski definition) is 1. The summed E-state index contributed by atoms with van der Waals surface area (Å²) in [6, 6.07) is 0.205. The molecule has 0 radical (unpaired) electrons. The maximum atomic E-state index is 12.2. The highest BCUT2D eigenvalue weighted by molar-refractivity contribution is 8.00. The van der Waals surface area contributed by atoms with Gasteiger partial charge in [0.25, 0.3) is 0 Å². The number of rotatable bonds is 5. The van der Waals surface area contributed by atoms with Gasteiger partial charge in [0.2, 0.25) is 5.91 Å². The molecule has 0 spiro atoms. The van der Waals surface area contributed by atoms with Crippen molar-refractivity contribution in [3.8, 4) is 0 Å². The minimum Gasteiger partial charge on any atom is -0.351 e. The number of hydrogen-bond acceptors (Lipinski definition) is 6. The van der Waals surface area contributed by atoms with Crippen LogP contribution in [-0.4, -0.2) is 51.9 Å². The average Bonchev–Trinajstić information content (AvgIpc) is 3.12. The van der Waals surface area contributed by atoms with E-state index in [1.807, 2.05) is 13.8 Å². The Morgan fingerprint density at radius 2 is 2.09 bits per heavy atom. The molecule has 122 valence electrons. The molecule has 0 aromatic carbocycles. The molecule has 2 atom stereocenters. The highest BCUT2D eigenvalue weighted by atomic mass is 32.2. The number of aryl methyl sites for hydroxylation is 1. The van der Waals surface area contributed by atoms with Gasteiger partial charge in [0.1, 0.15) is 5.82 Å². The van der Waals surface area contributed by atoms with Crippen molar-refractivity contribution in [1.82, 2.24) is 20.1 Å². The summed E-state index contributed by atoms with van der Waals surface area (Å²) in [5.41, 5.74) is 0. The Hall–Kier alpha value is -1.09. The summed E-state index contributed by atoms with van der Waals surface area (Å²) < 4.78 is 25.0. The number of carbonyl (C=O) groups excluding carboxylic acids is 1. The van der Waals surface area contributed by atoms with Crippen LogP contribution in [0.3, 0.4) is 0 Å². The van der Waals surface area contributed by atoms with Crippen LogP contribution in [-0.2, 0) is 14.6 Å². The van der Waals surface area contributed by atoms with E-state index in [-0.39, 0.29) is 28.7 Å². The SMILES string of the molecule is Cc1nnc(S[C@@H](C)C(=O)N[C@@H]2CCS(=O)(=O)C2)n1C1CC1. The molecule has 7 nitrogen and oxygen atoms in total. The molecule has 1 saturated carbocycles. The Morgan fingerprint density at radius 3 is 2.68 bits per heavy atom. The zero-order chi connectivity index (χ0) is 15.9. The van der Waals surface area contributed by atoms with Crippen LogP contribution in [0, 0.1) is 6.92 Å². The molecule has 1 aliphatic carbocycles. The number of sulfone groups is 1. The first-order valence-electron chi connectivity index (χ1n) is 7.44. The smallest absolute Gasteiger partial charge is 0.233 e. The van der Waals surface area contributed by atoms with Gasteiger partial charge in [0.05, 0.1) is 16.8 Å². The van der Waals surface area contributed by atoms with Gasteiger partial charge >= 0.3 is 0 Å². The number of nitrogens with one attached hydrogen (secondary N) is 1. The van der Waals surface area contributed by atoms with Crippen molar-refractivity contribution in [2.24, 2.45) is 0 Å². The second-order valence-electron chi connectivity index (χ2n) is 6.00. The van der Waals surface area contributed by atoms with Crippen LogP contribution in [0.5, 0.6) is 0 Å². The fourth-order valence-electron chi connectivity index (χ4n) is 2.62. The quantitative estimate of drug-likeness (QED) is 0.791. The summed E-state index contributed by atoms with van der Waals surface area (Å²) in [5.74, 6) is 0.942. The fourth-order valence-corrected chi connectivity index (χ4v) is 5.27. The number of amides is 1. The first-order chi connectivity index (χ1) is 10.4. The van der Waals surface area contributed by atoms with E-state index >= 15 is 0 Å². The summed E-state index contributed by atoms with van der Waals surface area (Å²) >= 11 is 1.38. The molecule has 2 heterocycles. The third-order valence-corrected chi connectivity index (χ3v) is 6.80. The molecule has 22 heavy (non-hydrogen) atoms. The first kappa shape index (κ1) is 15.8. The average molecular weight is 344 g/mol. The van der Waals surface area contributed by atoms with E-state index in [0.29, 0.717) is 12.5 Å². The molecular formula is C13H20N4O3S2. The number of aromatic nitrogens is 3. The van der Waals surface area contributed by atoms with Gasteiger partial charge in [-0.2, -0.15) is 0 Å². The van der Waals surface area contributed by atoms with Gasteiger partial charge < -0.3 is 9.88 Å². The molecule has 1 aliphatic heterocycles. The number of nitrogens with zero attached hydrogens (tertiary/aromatic N) is 3. The highest BCUT2D eigenvalue weighted by Gasteiger charge is 2.32. The predicted octanol–water partition coefficient (Wildman–Crippen LogP) is 0.705. The summed E-state index contributed by atoms with van der Waals surface area (Å²) in [5, 5.41) is 11.5. The lowest BCUT2D eigenvalue weighted by atomic mass is 10.2. The monoisotopic (exact) mass is 344 g/mol. The van der Waals surface area contributed by atoms with E-state index in [0.717, 1.165) is 23.8 Å². The second-order valence-corrected chi connectivity index (χ2v) is 9.54. The van der Waals surface area contributed by atoms with E-state index in [9.17, 15) is 13.2 Å². The van der Waals surface area contributed by atoms with E-state index in [2.05, 4.69) is 20.1 Å².